The van der Waals surface area contributed by atoms with Crippen LogP contribution in [0.4, 0.5) is 34.1 Å². The first-order valence-corrected chi connectivity index (χ1v) is 23.7. The quantitative estimate of drug-likeness (QED) is 0.164. The van der Waals surface area contributed by atoms with Crippen molar-refractivity contribution in [3.8, 4) is 22.6 Å². The first kappa shape index (κ1) is 42.9. The Kier molecular flexibility index (Phi) is 9.58. The summed E-state index contributed by atoms with van der Waals surface area (Å²) < 4.78 is 6.98. The number of rotatable bonds is 4. The average Bonchev–Trinajstić information content (AvgIpc) is 3.48. The molecule has 0 fully saturated rings. The molecular weight excluding hydrogens is 787 g/mol. The third kappa shape index (κ3) is 7.02. The molecular formula is C61H65BN2O. The van der Waals surface area contributed by atoms with E-state index in [4.69, 9.17) is 4.74 Å². The van der Waals surface area contributed by atoms with Crippen molar-refractivity contribution in [2.45, 2.75) is 124 Å². The third-order valence-corrected chi connectivity index (χ3v) is 14.5. The molecule has 0 radical (unpaired) electrons. The number of ether oxygens (including phenoxy) is 1. The van der Waals surface area contributed by atoms with Gasteiger partial charge in [-0.1, -0.05) is 176 Å². The molecule has 10 rings (SSSR count). The molecule has 0 bridgehead atoms. The van der Waals surface area contributed by atoms with Crippen LogP contribution in [0.25, 0.3) is 11.1 Å². The summed E-state index contributed by atoms with van der Waals surface area (Å²) in [4.78, 5) is 5.07. The van der Waals surface area contributed by atoms with Gasteiger partial charge in [-0.2, -0.15) is 0 Å². The number of hydrogen-bond acceptors (Lipinski definition) is 3. The summed E-state index contributed by atoms with van der Waals surface area (Å²) in [6.45, 7) is 32.5. The van der Waals surface area contributed by atoms with Gasteiger partial charge in [0.25, 0.3) is 6.71 Å². The molecule has 7 aromatic rings. The molecule has 0 saturated heterocycles. The summed E-state index contributed by atoms with van der Waals surface area (Å²) in [6.07, 6.45) is 0. The molecule has 2 heterocycles. The van der Waals surface area contributed by atoms with Crippen LogP contribution < -0.4 is 30.9 Å². The Labute approximate surface area is 389 Å². The van der Waals surface area contributed by atoms with E-state index in [9.17, 15) is 0 Å². The van der Waals surface area contributed by atoms with Crippen LogP contribution in [0.5, 0.6) is 11.5 Å². The summed E-state index contributed by atoms with van der Waals surface area (Å²) in [5.41, 5.74) is 21.0. The van der Waals surface area contributed by atoms with Crippen molar-refractivity contribution in [2.75, 3.05) is 9.80 Å². The van der Waals surface area contributed by atoms with Crippen molar-refractivity contribution in [3.63, 3.8) is 0 Å². The Morgan fingerprint density at radius 1 is 0.446 bits per heavy atom. The lowest BCUT2D eigenvalue weighted by atomic mass is 9.34. The van der Waals surface area contributed by atoms with E-state index >= 15 is 0 Å². The van der Waals surface area contributed by atoms with Gasteiger partial charge in [0, 0.05) is 33.9 Å². The van der Waals surface area contributed by atoms with Gasteiger partial charge in [0.05, 0.1) is 5.69 Å². The highest BCUT2D eigenvalue weighted by molar-refractivity contribution is 6.99. The van der Waals surface area contributed by atoms with Gasteiger partial charge in [-0.05, 0) is 143 Å². The van der Waals surface area contributed by atoms with Crippen molar-refractivity contribution < 1.29 is 4.74 Å². The van der Waals surface area contributed by atoms with E-state index < -0.39 is 0 Å². The zero-order valence-electron chi connectivity index (χ0n) is 41.2. The van der Waals surface area contributed by atoms with E-state index in [-0.39, 0.29) is 33.8 Å². The predicted octanol–water partition coefficient (Wildman–Crippen LogP) is 15.1. The van der Waals surface area contributed by atoms with Gasteiger partial charge in [-0.3, -0.25) is 0 Å². The zero-order valence-corrected chi connectivity index (χ0v) is 41.2. The second-order valence-electron chi connectivity index (χ2n) is 23.6. The maximum Gasteiger partial charge on any atom is 0.256 e. The number of benzene rings is 7. The van der Waals surface area contributed by atoms with Crippen molar-refractivity contribution in [1.82, 2.24) is 0 Å². The Morgan fingerprint density at radius 3 is 1.57 bits per heavy atom. The molecule has 0 spiro atoms. The van der Waals surface area contributed by atoms with Crippen LogP contribution in [-0.4, -0.2) is 6.71 Å². The molecule has 0 aromatic heterocycles. The minimum atomic E-state index is -0.282. The van der Waals surface area contributed by atoms with Crippen molar-refractivity contribution in [3.05, 3.63) is 173 Å². The van der Waals surface area contributed by atoms with E-state index in [1.807, 2.05) is 0 Å². The van der Waals surface area contributed by atoms with Gasteiger partial charge in [-0.15, -0.1) is 0 Å². The van der Waals surface area contributed by atoms with Crippen LogP contribution in [0.15, 0.2) is 140 Å². The smallest absolute Gasteiger partial charge is 0.256 e. The molecule has 65 heavy (non-hydrogen) atoms. The Morgan fingerprint density at radius 2 is 0.985 bits per heavy atom. The molecule has 2 aliphatic heterocycles. The van der Waals surface area contributed by atoms with Crippen LogP contribution in [-0.2, 0) is 27.1 Å². The second-order valence-corrected chi connectivity index (χ2v) is 23.6. The molecule has 4 heteroatoms. The van der Waals surface area contributed by atoms with Crippen molar-refractivity contribution in [2.24, 2.45) is 0 Å². The summed E-state index contributed by atoms with van der Waals surface area (Å²) in [5.74, 6) is 1.87. The summed E-state index contributed by atoms with van der Waals surface area (Å²) in [7, 11) is 0. The van der Waals surface area contributed by atoms with Gasteiger partial charge in [0.2, 0.25) is 0 Å². The van der Waals surface area contributed by atoms with Crippen LogP contribution in [0.3, 0.4) is 0 Å². The molecule has 3 nitrogen and oxygen atoms in total. The molecule has 0 atom stereocenters. The van der Waals surface area contributed by atoms with E-state index in [0.717, 1.165) is 34.2 Å². The maximum atomic E-state index is 6.98. The zero-order chi connectivity index (χ0) is 46.2. The number of anilines is 6. The standard InChI is InChI=1S/C61H65BN2O/c1-57(2,3)38-22-28-42(29-23-38)63(43-30-24-39(25-31-43)58(4,5)6)44-36-46-45-18-15-16-19-47(45)61(13,14)55(46)52(37-44)64-50-32-26-40(59(7,8)9)34-48(50)62-49-35-41(60(10,11)12)27-33-53(49)65-54-21-17-20-51(64)56(54)62/h15-37H,1-14H3. The normalized spacial score (nSPS) is 14.8. The predicted molar refractivity (Wildman–Crippen MR) is 279 cm³/mol. The highest BCUT2D eigenvalue weighted by Gasteiger charge is 2.46. The third-order valence-electron chi connectivity index (χ3n) is 14.5. The Bertz CT molecular complexity index is 2960. The molecule has 7 aromatic carbocycles. The molecule has 3 aliphatic rings. The average molecular weight is 853 g/mol. The van der Waals surface area contributed by atoms with Gasteiger partial charge in [-0.25, -0.2) is 0 Å². The van der Waals surface area contributed by atoms with E-state index in [0.29, 0.717) is 0 Å². The lowest BCUT2D eigenvalue weighted by molar-refractivity contribution is 0.486. The largest absolute Gasteiger partial charge is 0.458 e. The van der Waals surface area contributed by atoms with Gasteiger partial charge < -0.3 is 14.5 Å². The van der Waals surface area contributed by atoms with E-state index in [1.54, 1.807) is 0 Å². The molecule has 0 unspecified atom stereocenters. The fraction of sp³-hybridized carbons (Fsp3) is 0.311. The minimum absolute atomic E-state index is 0.00130. The minimum Gasteiger partial charge on any atom is -0.458 e. The van der Waals surface area contributed by atoms with Crippen molar-refractivity contribution in [1.29, 1.82) is 0 Å². The molecule has 1 aliphatic carbocycles. The highest BCUT2D eigenvalue weighted by atomic mass is 16.5. The molecule has 0 amide bonds. The van der Waals surface area contributed by atoms with Crippen LogP contribution >= 0.6 is 0 Å². The number of fused-ring (bicyclic) bond motifs is 7. The lowest BCUT2D eigenvalue weighted by Gasteiger charge is -2.42. The van der Waals surface area contributed by atoms with Gasteiger partial charge >= 0.3 is 0 Å². The first-order chi connectivity index (χ1) is 30.5. The van der Waals surface area contributed by atoms with E-state index in [2.05, 4.69) is 246 Å². The summed E-state index contributed by atoms with van der Waals surface area (Å²) in [6, 6.07) is 53.4. The van der Waals surface area contributed by atoms with Gasteiger partial charge in [0.1, 0.15) is 11.5 Å². The van der Waals surface area contributed by atoms with E-state index in [1.165, 1.54) is 72.3 Å². The lowest BCUT2D eigenvalue weighted by Crippen LogP contribution is -2.60. The molecule has 0 N–H and O–H groups in total. The number of hydrogen-bond donors (Lipinski definition) is 0. The number of nitrogens with zero attached hydrogens (tertiary/aromatic N) is 2. The summed E-state index contributed by atoms with van der Waals surface area (Å²) >= 11 is 0. The summed E-state index contributed by atoms with van der Waals surface area (Å²) in [5, 5.41) is 0. The second kappa shape index (κ2) is 14.5. The topological polar surface area (TPSA) is 15.7 Å². The monoisotopic (exact) mass is 853 g/mol. The maximum absolute atomic E-state index is 6.98. The van der Waals surface area contributed by atoms with Crippen LogP contribution in [0, 0.1) is 0 Å². The van der Waals surface area contributed by atoms with Crippen LogP contribution in [0.2, 0.25) is 0 Å². The molecule has 328 valence electrons. The fourth-order valence-corrected chi connectivity index (χ4v) is 10.7. The Balaban J connectivity index is 1.28. The highest BCUT2D eigenvalue weighted by Crippen LogP contribution is 2.57. The SMILES string of the molecule is CC(C)(C)c1ccc(N(c2ccc(C(C)(C)C)cc2)c2cc3c(c(N4c5ccc(C(C)(C)C)cc5B5c6cc(C(C)(C)C)ccc6Oc6cccc4c65)c2)C(C)(C)c2ccccc2-3)cc1. The van der Waals surface area contributed by atoms with Crippen molar-refractivity contribution >= 4 is 57.2 Å². The first-order valence-electron chi connectivity index (χ1n) is 23.7. The van der Waals surface area contributed by atoms with Crippen LogP contribution in [0.1, 0.15) is 130 Å². The van der Waals surface area contributed by atoms with Gasteiger partial charge in [0.15, 0.2) is 0 Å². The Hall–Kier alpha value is -6.00. The molecule has 0 saturated carbocycles. The fourth-order valence-electron chi connectivity index (χ4n) is 10.7.